The standard InChI is InChI=1S/C20H14ClNO5S/c21-16-9-7-13(8-10-16)19(23)14-3-2-6-18(12-14)28(26,27)22-17-5-1-4-15(11-17)20(24)25/h1-12,22H,(H,24,25). The molecule has 0 saturated carbocycles. The van der Waals surface area contributed by atoms with Gasteiger partial charge in [0.2, 0.25) is 0 Å². The first-order valence-corrected chi connectivity index (χ1v) is 9.89. The van der Waals surface area contributed by atoms with Gasteiger partial charge in [0.1, 0.15) is 0 Å². The quantitative estimate of drug-likeness (QED) is 0.591. The van der Waals surface area contributed by atoms with Crippen LogP contribution in [-0.4, -0.2) is 25.3 Å². The van der Waals surface area contributed by atoms with E-state index in [0.717, 1.165) is 0 Å². The molecule has 0 heterocycles. The van der Waals surface area contributed by atoms with Gasteiger partial charge in [-0.3, -0.25) is 9.52 Å². The predicted molar refractivity (Wildman–Crippen MR) is 106 cm³/mol. The van der Waals surface area contributed by atoms with Gasteiger partial charge in [-0.1, -0.05) is 29.8 Å². The summed E-state index contributed by atoms with van der Waals surface area (Å²) < 4.78 is 27.6. The minimum atomic E-state index is -4.02. The van der Waals surface area contributed by atoms with Crippen LogP contribution in [0.1, 0.15) is 26.3 Å². The van der Waals surface area contributed by atoms with E-state index in [2.05, 4.69) is 4.72 Å². The fraction of sp³-hybridized carbons (Fsp3) is 0. The summed E-state index contributed by atoms with van der Waals surface area (Å²) in [4.78, 5) is 23.5. The molecular weight excluding hydrogens is 402 g/mol. The molecule has 3 rings (SSSR count). The third-order valence-electron chi connectivity index (χ3n) is 3.87. The van der Waals surface area contributed by atoms with Crippen LogP contribution < -0.4 is 4.72 Å². The minimum absolute atomic E-state index is 0.0492. The summed E-state index contributed by atoms with van der Waals surface area (Å²) in [5, 5.41) is 9.51. The monoisotopic (exact) mass is 415 g/mol. The Balaban J connectivity index is 1.90. The van der Waals surface area contributed by atoms with Gasteiger partial charge in [0.15, 0.2) is 5.78 Å². The van der Waals surface area contributed by atoms with Crippen LogP contribution in [0.5, 0.6) is 0 Å². The molecule has 0 radical (unpaired) electrons. The third-order valence-corrected chi connectivity index (χ3v) is 5.51. The van der Waals surface area contributed by atoms with Crippen LogP contribution in [0, 0.1) is 0 Å². The molecule has 6 nitrogen and oxygen atoms in total. The summed E-state index contributed by atoms with van der Waals surface area (Å²) in [6.07, 6.45) is 0. The number of carbonyl (C=O) groups excluding carboxylic acids is 1. The van der Waals surface area contributed by atoms with E-state index >= 15 is 0 Å². The number of nitrogens with one attached hydrogen (secondary N) is 1. The second-order valence-electron chi connectivity index (χ2n) is 5.86. The fourth-order valence-corrected chi connectivity index (χ4v) is 3.72. The summed E-state index contributed by atoms with van der Waals surface area (Å²) in [7, 11) is -4.02. The smallest absolute Gasteiger partial charge is 0.335 e. The number of carbonyl (C=O) groups is 2. The van der Waals surface area contributed by atoms with E-state index < -0.39 is 16.0 Å². The van der Waals surface area contributed by atoms with E-state index in [1.54, 1.807) is 24.3 Å². The van der Waals surface area contributed by atoms with Gasteiger partial charge in [-0.2, -0.15) is 0 Å². The second-order valence-corrected chi connectivity index (χ2v) is 7.97. The molecule has 0 atom stereocenters. The molecule has 3 aromatic rings. The highest BCUT2D eigenvalue weighted by molar-refractivity contribution is 7.92. The van der Waals surface area contributed by atoms with Crippen LogP contribution in [0.2, 0.25) is 5.02 Å². The lowest BCUT2D eigenvalue weighted by atomic mass is 10.0. The first-order chi connectivity index (χ1) is 13.3. The Morgan fingerprint density at radius 2 is 1.46 bits per heavy atom. The Bertz CT molecular complexity index is 1160. The zero-order valence-electron chi connectivity index (χ0n) is 14.3. The Hall–Kier alpha value is -3.16. The van der Waals surface area contributed by atoms with Gasteiger partial charge in [-0.25, -0.2) is 13.2 Å². The van der Waals surface area contributed by atoms with E-state index in [0.29, 0.717) is 10.6 Å². The summed E-state index contributed by atoms with van der Waals surface area (Å²) in [6.45, 7) is 0. The van der Waals surface area contributed by atoms with Gasteiger partial charge in [-0.05, 0) is 54.6 Å². The van der Waals surface area contributed by atoms with Gasteiger partial charge < -0.3 is 5.11 Å². The number of aromatic carboxylic acids is 1. The van der Waals surface area contributed by atoms with E-state index in [-0.39, 0.29) is 27.5 Å². The van der Waals surface area contributed by atoms with Crippen molar-refractivity contribution in [3.8, 4) is 0 Å². The first kappa shape index (κ1) is 19.6. The summed E-state index contributed by atoms with van der Waals surface area (Å²) in [5.74, 6) is -1.52. The maximum absolute atomic E-state index is 12.7. The van der Waals surface area contributed by atoms with Crippen LogP contribution in [0.4, 0.5) is 5.69 Å². The van der Waals surface area contributed by atoms with Crippen molar-refractivity contribution in [2.75, 3.05) is 4.72 Å². The van der Waals surface area contributed by atoms with Crippen LogP contribution in [-0.2, 0) is 10.0 Å². The van der Waals surface area contributed by atoms with Gasteiger partial charge >= 0.3 is 5.97 Å². The van der Waals surface area contributed by atoms with E-state index in [1.165, 1.54) is 48.5 Å². The van der Waals surface area contributed by atoms with Crippen molar-refractivity contribution in [2.45, 2.75) is 4.90 Å². The van der Waals surface area contributed by atoms with Crippen molar-refractivity contribution < 1.29 is 23.1 Å². The largest absolute Gasteiger partial charge is 0.478 e. The van der Waals surface area contributed by atoms with Crippen LogP contribution >= 0.6 is 11.6 Å². The third kappa shape index (κ3) is 4.39. The summed E-state index contributed by atoms with van der Waals surface area (Å²) in [5.41, 5.74) is 0.631. The number of hydrogen-bond acceptors (Lipinski definition) is 4. The molecule has 0 aliphatic heterocycles. The Morgan fingerprint density at radius 3 is 2.14 bits per heavy atom. The Kier molecular flexibility index (Phi) is 5.48. The highest BCUT2D eigenvalue weighted by Gasteiger charge is 2.18. The topological polar surface area (TPSA) is 101 Å². The number of halogens is 1. The first-order valence-electron chi connectivity index (χ1n) is 8.03. The molecule has 0 unspecified atom stereocenters. The molecule has 0 aromatic heterocycles. The molecule has 28 heavy (non-hydrogen) atoms. The van der Waals surface area contributed by atoms with Crippen molar-refractivity contribution in [1.29, 1.82) is 0 Å². The summed E-state index contributed by atoms with van der Waals surface area (Å²) in [6, 6.07) is 17.3. The molecule has 0 aliphatic rings. The molecule has 0 bridgehead atoms. The highest BCUT2D eigenvalue weighted by atomic mass is 35.5. The number of rotatable bonds is 6. The zero-order valence-corrected chi connectivity index (χ0v) is 15.9. The number of benzene rings is 3. The molecule has 0 spiro atoms. The molecule has 0 amide bonds. The maximum atomic E-state index is 12.7. The van der Waals surface area contributed by atoms with Gasteiger partial charge in [-0.15, -0.1) is 0 Å². The van der Waals surface area contributed by atoms with Crippen LogP contribution in [0.15, 0.2) is 77.7 Å². The SMILES string of the molecule is O=C(O)c1cccc(NS(=O)(=O)c2cccc(C(=O)c3ccc(Cl)cc3)c2)c1. The highest BCUT2D eigenvalue weighted by Crippen LogP contribution is 2.20. The second kappa shape index (κ2) is 7.84. The van der Waals surface area contributed by atoms with Crippen molar-refractivity contribution in [2.24, 2.45) is 0 Å². The van der Waals surface area contributed by atoms with E-state index in [9.17, 15) is 18.0 Å². The minimum Gasteiger partial charge on any atom is -0.478 e. The molecule has 8 heteroatoms. The Labute approximate surface area is 166 Å². The number of hydrogen-bond donors (Lipinski definition) is 2. The number of carboxylic acid groups (broad SMARTS) is 1. The number of sulfonamides is 1. The van der Waals surface area contributed by atoms with Crippen molar-refractivity contribution in [3.05, 3.63) is 94.5 Å². The lowest BCUT2D eigenvalue weighted by molar-refractivity contribution is 0.0696. The molecular formula is C20H14ClNO5S. The molecule has 3 aromatic carbocycles. The molecule has 0 aliphatic carbocycles. The van der Waals surface area contributed by atoms with Crippen LogP contribution in [0.25, 0.3) is 0 Å². The Morgan fingerprint density at radius 1 is 0.821 bits per heavy atom. The maximum Gasteiger partial charge on any atom is 0.335 e. The van der Waals surface area contributed by atoms with Gasteiger partial charge in [0.05, 0.1) is 10.5 Å². The fourth-order valence-electron chi connectivity index (χ4n) is 2.50. The zero-order chi connectivity index (χ0) is 20.3. The van der Waals surface area contributed by atoms with Crippen molar-refractivity contribution in [1.82, 2.24) is 0 Å². The molecule has 0 fully saturated rings. The predicted octanol–water partition coefficient (Wildman–Crippen LogP) is 4.07. The molecule has 0 saturated heterocycles. The normalized spacial score (nSPS) is 11.0. The lowest BCUT2D eigenvalue weighted by Crippen LogP contribution is -2.14. The van der Waals surface area contributed by atoms with Gasteiger partial charge in [0, 0.05) is 21.8 Å². The van der Waals surface area contributed by atoms with Gasteiger partial charge in [0.25, 0.3) is 10.0 Å². The number of ketones is 1. The summed E-state index contributed by atoms with van der Waals surface area (Å²) >= 11 is 5.82. The van der Waals surface area contributed by atoms with Crippen LogP contribution in [0.3, 0.4) is 0 Å². The number of carboxylic acids is 1. The number of anilines is 1. The van der Waals surface area contributed by atoms with Crippen molar-refractivity contribution in [3.63, 3.8) is 0 Å². The lowest BCUT2D eigenvalue weighted by Gasteiger charge is -2.10. The van der Waals surface area contributed by atoms with E-state index in [1.807, 2.05) is 0 Å². The molecule has 2 N–H and O–H groups in total. The van der Waals surface area contributed by atoms with Crippen molar-refractivity contribution >= 4 is 39.1 Å². The average Bonchev–Trinajstić information content (AvgIpc) is 2.68. The van der Waals surface area contributed by atoms with E-state index in [4.69, 9.17) is 16.7 Å². The average molecular weight is 416 g/mol. The molecule has 142 valence electrons.